The molecule has 1 saturated heterocycles. The number of carbonyl (C=O) groups excluding carboxylic acids is 2. The fourth-order valence-corrected chi connectivity index (χ4v) is 3.26. The van der Waals surface area contributed by atoms with Crippen molar-refractivity contribution in [1.29, 1.82) is 0 Å². The molecule has 0 atom stereocenters. The molecular weight excluding hydrogens is 480 g/mol. The van der Waals surface area contributed by atoms with E-state index in [0.29, 0.717) is 33.1 Å². The van der Waals surface area contributed by atoms with Crippen molar-refractivity contribution in [3.05, 3.63) is 57.2 Å². The summed E-state index contributed by atoms with van der Waals surface area (Å²) >= 11 is 9.23. The summed E-state index contributed by atoms with van der Waals surface area (Å²) in [6.07, 6.45) is 1.49. The number of carboxylic acid groups (broad SMARTS) is 1. The van der Waals surface area contributed by atoms with E-state index in [1.54, 1.807) is 43.3 Å². The van der Waals surface area contributed by atoms with Gasteiger partial charge in [-0.05, 0) is 55.0 Å². The van der Waals surface area contributed by atoms with Crippen LogP contribution in [0, 0.1) is 0 Å². The number of aliphatic carboxylic acids is 1. The number of hydrogen-bond acceptors (Lipinski definition) is 5. The number of carboxylic acids is 1. The fraction of sp³-hybridized carbons (Fsp3) is 0.150. The smallest absolute Gasteiger partial charge is 0.341 e. The Morgan fingerprint density at radius 1 is 1.20 bits per heavy atom. The van der Waals surface area contributed by atoms with Crippen molar-refractivity contribution in [2.45, 2.75) is 6.92 Å². The van der Waals surface area contributed by atoms with Crippen molar-refractivity contribution in [3.63, 3.8) is 0 Å². The largest absolute Gasteiger partial charge is 0.490 e. The molecule has 10 heteroatoms. The van der Waals surface area contributed by atoms with Crippen molar-refractivity contribution in [1.82, 2.24) is 5.32 Å². The molecule has 3 rings (SSSR count). The maximum Gasteiger partial charge on any atom is 0.341 e. The first kappa shape index (κ1) is 21.7. The van der Waals surface area contributed by atoms with Gasteiger partial charge in [-0.15, -0.1) is 0 Å². The van der Waals surface area contributed by atoms with E-state index in [-0.39, 0.29) is 11.4 Å². The highest BCUT2D eigenvalue weighted by molar-refractivity contribution is 9.10. The first-order valence-electron chi connectivity index (χ1n) is 8.73. The van der Waals surface area contributed by atoms with Crippen LogP contribution in [0.3, 0.4) is 0 Å². The molecular formula is C20H16BrClN2O6. The summed E-state index contributed by atoms with van der Waals surface area (Å²) in [7, 11) is 0. The molecule has 2 N–H and O–H groups in total. The van der Waals surface area contributed by atoms with Gasteiger partial charge in [0.25, 0.3) is 5.91 Å². The van der Waals surface area contributed by atoms with Crippen LogP contribution in [0.2, 0.25) is 5.02 Å². The maximum absolute atomic E-state index is 12.8. The van der Waals surface area contributed by atoms with Gasteiger partial charge in [0.15, 0.2) is 18.1 Å². The molecule has 8 nitrogen and oxygen atoms in total. The number of ether oxygens (including phenoxy) is 2. The predicted octanol–water partition coefficient (Wildman–Crippen LogP) is 4.06. The second-order valence-electron chi connectivity index (χ2n) is 6.04. The lowest BCUT2D eigenvalue weighted by atomic mass is 10.1. The minimum absolute atomic E-state index is 0.0669. The van der Waals surface area contributed by atoms with Crippen molar-refractivity contribution < 1.29 is 29.0 Å². The molecule has 30 heavy (non-hydrogen) atoms. The molecule has 1 aliphatic heterocycles. The van der Waals surface area contributed by atoms with Gasteiger partial charge in [0.05, 0.1) is 12.3 Å². The van der Waals surface area contributed by atoms with Gasteiger partial charge in [0, 0.05) is 9.50 Å². The Morgan fingerprint density at radius 3 is 2.50 bits per heavy atom. The molecule has 0 aliphatic carbocycles. The average molecular weight is 496 g/mol. The highest BCUT2D eigenvalue weighted by Gasteiger charge is 2.35. The zero-order chi connectivity index (χ0) is 21.8. The van der Waals surface area contributed by atoms with Gasteiger partial charge >= 0.3 is 12.0 Å². The van der Waals surface area contributed by atoms with E-state index in [0.717, 1.165) is 4.90 Å². The van der Waals surface area contributed by atoms with E-state index in [2.05, 4.69) is 21.2 Å². The van der Waals surface area contributed by atoms with E-state index in [1.807, 2.05) is 0 Å². The van der Waals surface area contributed by atoms with Gasteiger partial charge in [-0.25, -0.2) is 14.5 Å². The fourth-order valence-electron chi connectivity index (χ4n) is 2.70. The maximum atomic E-state index is 12.8. The SMILES string of the molecule is CCOc1cc(/C=C2/NC(=O)N(c3ccc(Cl)cc3)C2=O)c(Br)cc1OCC(=O)O. The second-order valence-corrected chi connectivity index (χ2v) is 7.33. The summed E-state index contributed by atoms with van der Waals surface area (Å²) in [5.41, 5.74) is 0.983. The van der Waals surface area contributed by atoms with Crippen LogP contribution in [0.1, 0.15) is 12.5 Å². The quantitative estimate of drug-likeness (QED) is 0.443. The van der Waals surface area contributed by atoms with Gasteiger partial charge in [-0.1, -0.05) is 27.5 Å². The summed E-state index contributed by atoms with van der Waals surface area (Å²) in [6.45, 7) is 1.56. The highest BCUT2D eigenvalue weighted by Crippen LogP contribution is 2.35. The van der Waals surface area contributed by atoms with Crippen LogP contribution in [0.5, 0.6) is 11.5 Å². The number of amides is 3. The molecule has 2 aromatic carbocycles. The molecule has 0 aromatic heterocycles. The van der Waals surface area contributed by atoms with Gasteiger partial charge < -0.3 is 19.9 Å². The summed E-state index contributed by atoms with van der Waals surface area (Å²) in [5.74, 6) is -1.11. The highest BCUT2D eigenvalue weighted by atomic mass is 79.9. The molecule has 3 amide bonds. The number of halogens is 2. The van der Waals surface area contributed by atoms with Crippen molar-refractivity contribution in [3.8, 4) is 11.5 Å². The molecule has 0 radical (unpaired) electrons. The molecule has 0 bridgehead atoms. The standard InChI is InChI=1S/C20H16BrClN2O6/c1-2-29-16-8-11(14(21)9-17(16)30-10-18(25)26)7-15-19(27)24(20(28)23-15)13-5-3-12(22)4-6-13/h3-9H,2,10H2,1H3,(H,23,28)(H,25,26)/b15-7+. The Bertz CT molecular complexity index is 1040. The van der Waals surface area contributed by atoms with Crippen molar-refractivity contribution >= 4 is 57.2 Å². The van der Waals surface area contributed by atoms with E-state index in [4.69, 9.17) is 26.2 Å². The lowest BCUT2D eigenvalue weighted by Gasteiger charge is -2.13. The van der Waals surface area contributed by atoms with E-state index >= 15 is 0 Å². The van der Waals surface area contributed by atoms with Crippen molar-refractivity contribution in [2.24, 2.45) is 0 Å². The minimum atomic E-state index is -1.12. The Balaban J connectivity index is 1.92. The predicted molar refractivity (Wildman–Crippen MR) is 114 cm³/mol. The average Bonchev–Trinajstić information content (AvgIpc) is 2.97. The Hall–Kier alpha value is -3.04. The third-order valence-electron chi connectivity index (χ3n) is 3.98. The van der Waals surface area contributed by atoms with Crippen LogP contribution < -0.4 is 19.7 Å². The minimum Gasteiger partial charge on any atom is -0.490 e. The number of carbonyl (C=O) groups is 3. The number of nitrogens with one attached hydrogen (secondary N) is 1. The van der Waals surface area contributed by atoms with Crippen LogP contribution in [0.25, 0.3) is 6.08 Å². The van der Waals surface area contributed by atoms with Gasteiger partial charge in [0.2, 0.25) is 0 Å². The molecule has 1 aliphatic rings. The van der Waals surface area contributed by atoms with E-state index < -0.39 is 24.5 Å². The van der Waals surface area contributed by atoms with Crippen LogP contribution in [0.15, 0.2) is 46.6 Å². The summed E-state index contributed by atoms with van der Waals surface area (Å²) < 4.78 is 11.3. The third-order valence-corrected chi connectivity index (χ3v) is 4.92. The molecule has 156 valence electrons. The molecule has 0 unspecified atom stereocenters. The summed E-state index contributed by atoms with van der Waals surface area (Å²) in [6, 6.07) is 8.85. The molecule has 1 heterocycles. The summed E-state index contributed by atoms with van der Waals surface area (Å²) in [4.78, 5) is 36.9. The van der Waals surface area contributed by atoms with Crippen LogP contribution in [-0.2, 0) is 9.59 Å². The Kier molecular flexibility index (Phi) is 6.63. The number of hydrogen-bond donors (Lipinski definition) is 2. The first-order chi connectivity index (χ1) is 14.3. The topological polar surface area (TPSA) is 105 Å². The monoisotopic (exact) mass is 494 g/mol. The Morgan fingerprint density at radius 2 is 1.87 bits per heavy atom. The van der Waals surface area contributed by atoms with Crippen LogP contribution in [-0.4, -0.2) is 36.2 Å². The van der Waals surface area contributed by atoms with Gasteiger partial charge in [0.1, 0.15) is 5.70 Å². The number of nitrogens with zero attached hydrogens (tertiary/aromatic N) is 1. The molecule has 2 aromatic rings. The van der Waals surface area contributed by atoms with Gasteiger partial charge in [-0.2, -0.15) is 0 Å². The van der Waals surface area contributed by atoms with Gasteiger partial charge in [-0.3, -0.25) is 4.79 Å². The second kappa shape index (κ2) is 9.19. The number of anilines is 1. The van der Waals surface area contributed by atoms with E-state index in [9.17, 15) is 14.4 Å². The van der Waals surface area contributed by atoms with Crippen LogP contribution in [0.4, 0.5) is 10.5 Å². The zero-order valence-corrected chi connectivity index (χ0v) is 18.0. The summed E-state index contributed by atoms with van der Waals surface area (Å²) in [5, 5.41) is 11.8. The Labute approximate surface area is 185 Å². The van der Waals surface area contributed by atoms with E-state index in [1.165, 1.54) is 6.08 Å². The number of benzene rings is 2. The number of urea groups is 1. The van der Waals surface area contributed by atoms with Crippen LogP contribution >= 0.6 is 27.5 Å². The molecule has 0 saturated carbocycles. The lowest BCUT2D eigenvalue weighted by molar-refractivity contribution is -0.139. The first-order valence-corrected chi connectivity index (χ1v) is 9.91. The molecule has 0 spiro atoms. The zero-order valence-electron chi connectivity index (χ0n) is 15.6. The van der Waals surface area contributed by atoms with Crippen molar-refractivity contribution in [2.75, 3.05) is 18.1 Å². The normalized spacial score (nSPS) is 14.8. The third kappa shape index (κ3) is 4.74. The lowest BCUT2D eigenvalue weighted by Crippen LogP contribution is -2.30. The number of rotatable bonds is 7. The molecule has 1 fully saturated rings. The number of imide groups is 1.